The van der Waals surface area contributed by atoms with Crippen molar-refractivity contribution >= 4 is 22.9 Å². The second-order valence-corrected chi connectivity index (χ2v) is 4.33. The molecule has 2 nitrogen and oxygen atoms in total. The monoisotopic (exact) mass is 280 g/mol. The first-order valence-corrected chi connectivity index (χ1v) is 5.53. The minimum absolute atomic E-state index is 0.0680. The van der Waals surface area contributed by atoms with Crippen LogP contribution in [-0.4, -0.2) is 17.2 Å². The molecule has 0 radical (unpaired) electrons. The quantitative estimate of drug-likeness (QED) is 0.657. The molecule has 0 spiro atoms. The molecule has 0 aliphatic carbocycles. The number of nitrogens with two attached hydrogens (primary N) is 1. The van der Waals surface area contributed by atoms with E-state index in [-0.39, 0.29) is 16.2 Å². The first kappa shape index (κ1) is 14.7. The van der Waals surface area contributed by atoms with Crippen LogP contribution < -0.4 is 11.1 Å². The van der Waals surface area contributed by atoms with Crippen LogP contribution in [0.15, 0.2) is 18.2 Å². The minimum Gasteiger partial charge on any atom is -0.389 e. The van der Waals surface area contributed by atoms with E-state index in [9.17, 15) is 17.6 Å². The van der Waals surface area contributed by atoms with Gasteiger partial charge in [-0.15, -0.1) is 0 Å². The van der Waals surface area contributed by atoms with Crippen molar-refractivity contribution in [1.82, 2.24) is 0 Å². The lowest BCUT2D eigenvalue weighted by Crippen LogP contribution is -2.25. The number of thiocarbonyl (C=S) groups is 1. The van der Waals surface area contributed by atoms with Gasteiger partial charge in [0.05, 0.1) is 12.0 Å². The molecule has 1 aromatic carbocycles. The fourth-order valence-electron chi connectivity index (χ4n) is 1.56. The first-order valence-electron chi connectivity index (χ1n) is 5.12. The Balaban J connectivity index is 2.91. The van der Waals surface area contributed by atoms with Crippen LogP contribution in [0.1, 0.15) is 18.9 Å². The summed E-state index contributed by atoms with van der Waals surface area (Å²) in [5, 5.41) is 2.56. The van der Waals surface area contributed by atoms with E-state index in [2.05, 4.69) is 17.5 Å². The molecule has 0 amide bonds. The highest BCUT2D eigenvalue weighted by atomic mass is 32.1. The summed E-state index contributed by atoms with van der Waals surface area (Å²) in [6, 6.07) is 3.05. The maximum Gasteiger partial charge on any atom is 0.391 e. The standard InChI is InChI=1S/C11H12F4N2S/c1-6(5-11(13,14)15)17-8-4-2-3-7(12)9(8)10(16)18/h2-4,6,17H,5H2,1H3,(H2,16,18). The predicted octanol–water partition coefficient (Wildman–Crippen LogP) is 3.21. The molecule has 7 heteroatoms. The number of alkyl halides is 3. The molecule has 0 saturated heterocycles. The number of benzene rings is 1. The van der Waals surface area contributed by atoms with Crippen molar-refractivity contribution in [2.24, 2.45) is 5.73 Å². The summed E-state index contributed by atoms with van der Waals surface area (Å²) in [4.78, 5) is -0.199. The van der Waals surface area contributed by atoms with Crippen molar-refractivity contribution in [1.29, 1.82) is 0 Å². The van der Waals surface area contributed by atoms with Gasteiger partial charge in [0.15, 0.2) is 0 Å². The minimum atomic E-state index is -4.29. The van der Waals surface area contributed by atoms with E-state index in [1.807, 2.05) is 0 Å². The molecule has 18 heavy (non-hydrogen) atoms. The third-order valence-corrected chi connectivity index (χ3v) is 2.40. The van der Waals surface area contributed by atoms with Crippen LogP contribution in [0.25, 0.3) is 0 Å². The van der Waals surface area contributed by atoms with Crippen molar-refractivity contribution in [3.8, 4) is 0 Å². The van der Waals surface area contributed by atoms with Gasteiger partial charge in [-0.25, -0.2) is 4.39 Å². The summed E-state index contributed by atoms with van der Waals surface area (Å²) in [5.74, 6) is -0.660. The van der Waals surface area contributed by atoms with Crippen LogP contribution in [0.5, 0.6) is 0 Å². The molecule has 0 fully saturated rings. The summed E-state index contributed by atoms with van der Waals surface area (Å²) in [7, 11) is 0. The van der Waals surface area contributed by atoms with Crippen LogP contribution in [0.3, 0.4) is 0 Å². The van der Waals surface area contributed by atoms with Crippen molar-refractivity contribution in [2.75, 3.05) is 5.32 Å². The number of rotatable bonds is 4. The lowest BCUT2D eigenvalue weighted by Gasteiger charge is -2.19. The molecule has 0 heterocycles. The second kappa shape index (κ2) is 5.51. The number of hydrogen-bond donors (Lipinski definition) is 2. The zero-order valence-corrected chi connectivity index (χ0v) is 10.3. The van der Waals surface area contributed by atoms with Crippen LogP contribution in [0.2, 0.25) is 0 Å². The third kappa shape index (κ3) is 4.14. The van der Waals surface area contributed by atoms with E-state index in [0.29, 0.717) is 0 Å². The normalized spacial score (nSPS) is 13.2. The van der Waals surface area contributed by atoms with E-state index >= 15 is 0 Å². The molecular formula is C11H12F4N2S. The van der Waals surface area contributed by atoms with Gasteiger partial charge < -0.3 is 11.1 Å². The first-order chi connectivity index (χ1) is 8.20. The number of hydrogen-bond acceptors (Lipinski definition) is 2. The van der Waals surface area contributed by atoms with Gasteiger partial charge in [-0.05, 0) is 19.1 Å². The lowest BCUT2D eigenvalue weighted by atomic mass is 10.1. The van der Waals surface area contributed by atoms with Crippen LogP contribution in [-0.2, 0) is 0 Å². The third-order valence-electron chi connectivity index (χ3n) is 2.20. The maximum absolute atomic E-state index is 13.5. The van der Waals surface area contributed by atoms with E-state index in [1.54, 1.807) is 0 Å². The Bertz CT molecular complexity index is 445. The van der Waals surface area contributed by atoms with Gasteiger partial charge in [0.1, 0.15) is 10.8 Å². The second-order valence-electron chi connectivity index (χ2n) is 3.89. The lowest BCUT2D eigenvalue weighted by molar-refractivity contribution is -0.136. The van der Waals surface area contributed by atoms with Crippen LogP contribution in [0, 0.1) is 5.82 Å². The van der Waals surface area contributed by atoms with Crippen molar-refractivity contribution in [2.45, 2.75) is 25.6 Å². The van der Waals surface area contributed by atoms with Gasteiger partial charge in [-0.2, -0.15) is 13.2 Å². The van der Waals surface area contributed by atoms with E-state index in [0.717, 1.165) is 6.07 Å². The highest BCUT2D eigenvalue weighted by Gasteiger charge is 2.30. The van der Waals surface area contributed by atoms with Gasteiger partial charge >= 0.3 is 6.18 Å². The van der Waals surface area contributed by atoms with Gasteiger partial charge in [-0.1, -0.05) is 18.3 Å². The molecule has 100 valence electrons. The number of halogens is 4. The summed E-state index contributed by atoms with van der Waals surface area (Å²) in [5.41, 5.74) is 5.45. The van der Waals surface area contributed by atoms with Crippen molar-refractivity contribution < 1.29 is 17.6 Å². The Morgan fingerprint density at radius 3 is 2.56 bits per heavy atom. The Kier molecular flexibility index (Phi) is 4.50. The molecule has 3 N–H and O–H groups in total. The fourth-order valence-corrected chi connectivity index (χ4v) is 1.77. The van der Waals surface area contributed by atoms with Crippen LogP contribution >= 0.6 is 12.2 Å². The average Bonchev–Trinajstić information content (AvgIpc) is 2.13. The summed E-state index contributed by atoms with van der Waals surface area (Å²) >= 11 is 4.68. The Morgan fingerprint density at radius 1 is 1.44 bits per heavy atom. The van der Waals surface area contributed by atoms with Gasteiger partial charge in [0, 0.05) is 11.7 Å². The highest BCUT2D eigenvalue weighted by Crippen LogP contribution is 2.25. The molecule has 1 atom stereocenters. The molecule has 1 aromatic rings. The zero-order valence-electron chi connectivity index (χ0n) is 9.51. The molecule has 1 rings (SSSR count). The number of nitrogens with one attached hydrogen (secondary N) is 1. The van der Waals surface area contributed by atoms with Crippen molar-refractivity contribution in [3.63, 3.8) is 0 Å². The molecule has 0 bridgehead atoms. The zero-order chi connectivity index (χ0) is 13.9. The molecule has 0 aromatic heterocycles. The smallest absolute Gasteiger partial charge is 0.389 e. The topological polar surface area (TPSA) is 38.0 Å². The highest BCUT2D eigenvalue weighted by molar-refractivity contribution is 7.80. The Hall–Kier alpha value is -1.37. The van der Waals surface area contributed by atoms with Gasteiger partial charge in [0.25, 0.3) is 0 Å². The average molecular weight is 280 g/mol. The Morgan fingerprint density at radius 2 is 2.06 bits per heavy atom. The molecule has 1 unspecified atom stereocenters. The van der Waals surface area contributed by atoms with Crippen molar-refractivity contribution in [3.05, 3.63) is 29.6 Å². The number of anilines is 1. The van der Waals surface area contributed by atoms with E-state index < -0.39 is 24.5 Å². The summed E-state index contributed by atoms with van der Waals surface area (Å²) in [6.45, 7) is 1.35. The maximum atomic E-state index is 13.5. The summed E-state index contributed by atoms with van der Waals surface area (Å²) in [6.07, 6.45) is -5.32. The van der Waals surface area contributed by atoms with E-state index in [1.165, 1.54) is 19.1 Å². The molecule has 0 aliphatic heterocycles. The fraction of sp³-hybridized carbons (Fsp3) is 0.364. The summed E-state index contributed by atoms with van der Waals surface area (Å²) < 4.78 is 50.0. The SMILES string of the molecule is CC(CC(F)(F)F)Nc1cccc(F)c1C(N)=S. The molecule has 0 aliphatic rings. The Labute approximate surface area is 107 Å². The van der Waals surface area contributed by atoms with Gasteiger partial charge in [0.2, 0.25) is 0 Å². The molecular weight excluding hydrogens is 268 g/mol. The van der Waals surface area contributed by atoms with Gasteiger partial charge in [-0.3, -0.25) is 0 Å². The molecule has 0 saturated carbocycles. The van der Waals surface area contributed by atoms with Crippen LogP contribution in [0.4, 0.5) is 23.2 Å². The van der Waals surface area contributed by atoms with E-state index in [4.69, 9.17) is 5.73 Å². The predicted molar refractivity (Wildman–Crippen MR) is 66.0 cm³/mol. The largest absolute Gasteiger partial charge is 0.391 e.